The minimum Gasteiger partial charge on any atom is -0.342 e. The van der Waals surface area contributed by atoms with E-state index in [2.05, 4.69) is 86.1 Å². The van der Waals surface area contributed by atoms with Gasteiger partial charge in [0.2, 0.25) is 0 Å². The zero-order valence-electron chi connectivity index (χ0n) is 19.5. The first-order valence-electron chi connectivity index (χ1n) is 11.6. The van der Waals surface area contributed by atoms with Crippen molar-refractivity contribution in [3.8, 4) is 6.07 Å². The van der Waals surface area contributed by atoms with Crippen molar-refractivity contribution in [1.29, 1.82) is 5.26 Å². The van der Waals surface area contributed by atoms with Crippen molar-refractivity contribution in [2.24, 2.45) is 16.3 Å². The van der Waals surface area contributed by atoms with Crippen LogP contribution in [0.3, 0.4) is 0 Å². The largest absolute Gasteiger partial charge is 0.342 e. The van der Waals surface area contributed by atoms with E-state index in [1.807, 2.05) is 12.3 Å². The van der Waals surface area contributed by atoms with Gasteiger partial charge in [0.1, 0.15) is 11.1 Å². The van der Waals surface area contributed by atoms with Gasteiger partial charge in [0.05, 0.1) is 5.56 Å². The number of fused-ring (bicyclic) bond motifs is 2. The minimum atomic E-state index is 0.290. The van der Waals surface area contributed by atoms with E-state index in [-0.39, 0.29) is 0 Å². The Hall–Kier alpha value is -3.16. The van der Waals surface area contributed by atoms with Gasteiger partial charge in [0, 0.05) is 40.3 Å². The van der Waals surface area contributed by atoms with Gasteiger partial charge in [-0.2, -0.15) is 5.26 Å². The molecule has 1 atom stereocenters. The molecule has 5 rings (SSSR count). The summed E-state index contributed by atoms with van der Waals surface area (Å²) in [5.74, 6) is 0.656. The topological polar surface area (TPSA) is 41.1 Å². The lowest BCUT2D eigenvalue weighted by Crippen LogP contribution is -2.26. The summed E-state index contributed by atoms with van der Waals surface area (Å²) in [5.41, 5.74) is 5.87. The lowest BCUT2D eigenvalue weighted by Gasteiger charge is -2.33. The fourth-order valence-electron chi connectivity index (χ4n) is 4.93. The molecule has 0 N–H and O–H groups in total. The van der Waals surface area contributed by atoms with Gasteiger partial charge in [-0.1, -0.05) is 69.3 Å². The van der Waals surface area contributed by atoms with E-state index in [0.29, 0.717) is 11.3 Å². The van der Waals surface area contributed by atoms with Gasteiger partial charge < -0.3 is 4.57 Å². The number of nitrogens with zero attached hydrogens (tertiary/aromatic N) is 3. The minimum absolute atomic E-state index is 0.290. The number of hydrogen-bond acceptors (Lipinski definition) is 3. The first-order chi connectivity index (χ1) is 15.9. The van der Waals surface area contributed by atoms with Gasteiger partial charge in [-0.15, -0.1) is 11.3 Å². The molecule has 2 aromatic carbocycles. The van der Waals surface area contributed by atoms with Crippen molar-refractivity contribution in [3.05, 3.63) is 87.9 Å². The summed E-state index contributed by atoms with van der Waals surface area (Å²) in [5, 5.41) is 11.9. The summed E-state index contributed by atoms with van der Waals surface area (Å²) < 4.78 is 2.28. The molecule has 2 aromatic heterocycles. The molecule has 33 heavy (non-hydrogen) atoms. The Morgan fingerprint density at radius 3 is 2.64 bits per heavy atom. The Labute approximate surface area is 200 Å². The normalized spacial score (nSPS) is 16.2. The summed E-state index contributed by atoms with van der Waals surface area (Å²) in [6, 6.07) is 21.4. The summed E-state index contributed by atoms with van der Waals surface area (Å²) in [7, 11) is 0. The zero-order valence-corrected chi connectivity index (χ0v) is 20.3. The van der Waals surface area contributed by atoms with Gasteiger partial charge in [0.25, 0.3) is 0 Å². The number of rotatable bonds is 4. The maximum atomic E-state index is 9.90. The van der Waals surface area contributed by atoms with Crippen molar-refractivity contribution in [2.75, 3.05) is 0 Å². The molecule has 166 valence electrons. The highest BCUT2D eigenvalue weighted by molar-refractivity contribution is 7.16. The number of para-hydroxylation sites is 1. The summed E-state index contributed by atoms with van der Waals surface area (Å²) in [6.07, 6.45) is 7.32. The molecule has 4 aromatic rings. The van der Waals surface area contributed by atoms with Gasteiger partial charge >= 0.3 is 0 Å². The molecule has 0 spiro atoms. The van der Waals surface area contributed by atoms with Crippen molar-refractivity contribution >= 4 is 33.5 Å². The third kappa shape index (κ3) is 4.26. The Bertz CT molecular complexity index is 1360. The third-order valence-corrected chi connectivity index (χ3v) is 8.08. The van der Waals surface area contributed by atoms with Crippen LogP contribution in [0.4, 0.5) is 5.00 Å². The molecule has 0 aliphatic heterocycles. The summed E-state index contributed by atoms with van der Waals surface area (Å²) in [4.78, 5) is 6.23. The number of aliphatic imine (C=N–C) groups is 1. The van der Waals surface area contributed by atoms with Crippen molar-refractivity contribution in [3.63, 3.8) is 0 Å². The second-order valence-corrected chi connectivity index (χ2v) is 11.2. The Balaban J connectivity index is 1.49. The number of thiophene rings is 1. The molecule has 0 radical (unpaired) electrons. The Morgan fingerprint density at radius 1 is 1.12 bits per heavy atom. The van der Waals surface area contributed by atoms with Gasteiger partial charge in [-0.3, -0.25) is 0 Å². The van der Waals surface area contributed by atoms with Crippen LogP contribution in [0.5, 0.6) is 0 Å². The highest BCUT2D eigenvalue weighted by Crippen LogP contribution is 2.45. The number of hydrogen-bond donors (Lipinski definition) is 0. The van der Waals surface area contributed by atoms with Crippen LogP contribution in [-0.4, -0.2) is 10.8 Å². The highest BCUT2D eigenvalue weighted by atomic mass is 32.1. The number of nitriles is 1. The van der Waals surface area contributed by atoms with Crippen LogP contribution in [0, 0.1) is 22.7 Å². The smallest absolute Gasteiger partial charge is 0.134 e. The fourth-order valence-corrected chi connectivity index (χ4v) is 6.16. The van der Waals surface area contributed by atoms with E-state index >= 15 is 0 Å². The van der Waals surface area contributed by atoms with Crippen molar-refractivity contribution < 1.29 is 0 Å². The maximum Gasteiger partial charge on any atom is 0.134 e. The second-order valence-electron chi connectivity index (χ2n) is 10.1. The molecular formula is C29H29N3S. The molecular weight excluding hydrogens is 422 g/mol. The fraction of sp³-hybridized carbons (Fsp3) is 0.310. The van der Waals surface area contributed by atoms with Crippen LogP contribution in [-0.2, 0) is 19.4 Å². The molecule has 1 aliphatic rings. The van der Waals surface area contributed by atoms with Crippen LogP contribution < -0.4 is 0 Å². The van der Waals surface area contributed by atoms with E-state index in [4.69, 9.17) is 4.99 Å². The maximum absolute atomic E-state index is 9.90. The molecule has 0 unspecified atom stereocenters. The van der Waals surface area contributed by atoms with Crippen LogP contribution in [0.1, 0.15) is 54.3 Å². The van der Waals surface area contributed by atoms with E-state index in [0.717, 1.165) is 41.9 Å². The van der Waals surface area contributed by atoms with Crippen LogP contribution >= 0.6 is 11.3 Å². The van der Waals surface area contributed by atoms with E-state index in [1.165, 1.54) is 26.9 Å². The molecule has 1 aliphatic carbocycles. The van der Waals surface area contributed by atoms with E-state index in [1.54, 1.807) is 11.3 Å². The van der Waals surface area contributed by atoms with Gasteiger partial charge in [0.15, 0.2) is 0 Å². The van der Waals surface area contributed by atoms with Gasteiger partial charge in [-0.05, 0) is 47.8 Å². The monoisotopic (exact) mass is 451 g/mol. The van der Waals surface area contributed by atoms with Gasteiger partial charge in [-0.25, -0.2) is 4.99 Å². The summed E-state index contributed by atoms with van der Waals surface area (Å²) in [6.45, 7) is 7.80. The first kappa shape index (κ1) is 21.7. The average Bonchev–Trinajstić information content (AvgIpc) is 3.35. The molecule has 0 amide bonds. The van der Waals surface area contributed by atoms with Crippen LogP contribution in [0.2, 0.25) is 0 Å². The molecule has 3 nitrogen and oxygen atoms in total. The zero-order chi connectivity index (χ0) is 23.0. The highest BCUT2D eigenvalue weighted by Gasteiger charge is 2.32. The molecule has 4 heteroatoms. The van der Waals surface area contributed by atoms with Crippen LogP contribution in [0.25, 0.3) is 10.9 Å². The lowest BCUT2D eigenvalue weighted by atomic mass is 9.72. The van der Waals surface area contributed by atoms with Crippen molar-refractivity contribution in [2.45, 2.75) is 46.6 Å². The van der Waals surface area contributed by atoms with E-state index < -0.39 is 0 Å². The quantitative estimate of drug-likeness (QED) is 0.296. The molecule has 0 fully saturated rings. The van der Waals surface area contributed by atoms with E-state index in [9.17, 15) is 5.26 Å². The Morgan fingerprint density at radius 2 is 1.88 bits per heavy atom. The standard InChI is InChI=1S/C29H29N3S/c1-29(2,3)22-13-14-24-25(16-30)28(33-27(24)15-22)31-17-21-19-32(18-20-9-5-4-6-10-20)26-12-8-7-11-23(21)26/h4-12,17,19,22H,13-15,18H2,1-3H3/t22-/m1/s1. The SMILES string of the molecule is CC(C)(C)[C@@H]1CCc2c(sc(N=Cc3cn(Cc4ccccc4)c4ccccc34)c2C#N)C1. The third-order valence-electron chi connectivity index (χ3n) is 6.92. The van der Waals surface area contributed by atoms with Crippen LogP contribution in [0.15, 0.2) is 65.8 Å². The molecule has 2 heterocycles. The Kier molecular flexibility index (Phi) is 5.68. The predicted molar refractivity (Wildman–Crippen MR) is 139 cm³/mol. The first-order valence-corrected chi connectivity index (χ1v) is 12.5. The summed E-state index contributed by atoms with van der Waals surface area (Å²) >= 11 is 1.71. The average molecular weight is 452 g/mol. The van der Waals surface area contributed by atoms with Crippen molar-refractivity contribution in [1.82, 2.24) is 4.57 Å². The lowest BCUT2D eigenvalue weighted by molar-refractivity contribution is 0.218. The molecule has 0 saturated carbocycles. The second kappa shape index (κ2) is 8.65. The number of aromatic nitrogens is 1. The predicted octanol–water partition coefficient (Wildman–Crippen LogP) is 7.52. The number of benzene rings is 2. The molecule has 0 bridgehead atoms. The molecule has 0 saturated heterocycles.